The Hall–Kier alpha value is -2.28. The third-order valence-electron chi connectivity index (χ3n) is 4.76. The first-order valence-electron chi connectivity index (χ1n) is 7.54. The first-order valence-corrected chi connectivity index (χ1v) is 7.54. The number of methoxy groups -OCH3 is 1. The van der Waals surface area contributed by atoms with Gasteiger partial charge in [0.25, 0.3) is 0 Å². The van der Waals surface area contributed by atoms with Crippen LogP contribution in [0.1, 0.15) is 43.2 Å². The van der Waals surface area contributed by atoms with Gasteiger partial charge in [-0.1, -0.05) is 5.92 Å². The monoisotopic (exact) mass is 297 g/mol. The van der Waals surface area contributed by atoms with Crippen molar-refractivity contribution < 1.29 is 14.3 Å². The summed E-state index contributed by atoms with van der Waals surface area (Å²) >= 11 is 0. The zero-order valence-corrected chi connectivity index (χ0v) is 12.8. The molecule has 114 valence electrons. The van der Waals surface area contributed by atoms with Crippen molar-refractivity contribution in [2.45, 2.75) is 32.1 Å². The van der Waals surface area contributed by atoms with Crippen molar-refractivity contribution >= 4 is 17.3 Å². The number of hydrogen-bond acceptors (Lipinski definition) is 4. The second kappa shape index (κ2) is 5.49. The molecule has 2 fully saturated rings. The molecule has 0 aromatic heterocycles. The Labute approximate surface area is 130 Å². The number of ketones is 2. The Balaban J connectivity index is 2.12. The van der Waals surface area contributed by atoms with Gasteiger partial charge >= 0.3 is 0 Å². The molecule has 4 nitrogen and oxygen atoms in total. The Bertz CT molecular complexity index is 689. The van der Waals surface area contributed by atoms with E-state index in [1.807, 2.05) is 0 Å². The molecule has 0 spiro atoms. The van der Waals surface area contributed by atoms with Crippen LogP contribution in [-0.4, -0.2) is 18.7 Å². The summed E-state index contributed by atoms with van der Waals surface area (Å²) in [6.07, 6.45) is 2.33. The van der Waals surface area contributed by atoms with Gasteiger partial charge in [-0.05, 0) is 38.3 Å². The van der Waals surface area contributed by atoms with Gasteiger partial charge in [-0.2, -0.15) is 0 Å². The molecule has 2 saturated carbocycles. The van der Waals surface area contributed by atoms with E-state index < -0.39 is 5.92 Å². The predicted octanol–water partition coefficient (Wildman–Crippen LogP) is 2.30. The highest BCUT2D eigenvalue weighted by atomic mass is 16.5. The number of nitrogen functional groups attached to an aromatic ring is 1. The lowest BCUT2D eigenvalue weighted by Gasteiger charge is -2.27. The summed E-state index contributed by atoms with van der Waals surface area (Å²) in [7, 11) is 1.52. The summed E-state index contributed by atoms with van der Waals surface area (Å²) in [5, 5.41) is 0. The van der Waals surface area contributed by atoms with Crippen LogP contribution in [0.15, 0.2) is 12.1 Å². The van der Waals surface area contributed by atoms with E-state index in [2.05, 4.69) is 11.8 Å². The molecule has 0 aliphatic heterocycles. The summed E-state index contributed by atoms with van der Waals surface area (Å²) in [6.45, 7) is 1.74. The molecule has 2 bridgehead atoms. The summed E-state index contributed by atoms with van der Waals surface area (Å²) in [6, 6.07) is 3.46. The summed E-state index contributed by atoms with van der Waals surface area (Å²) in [5.74, 6) is 5.42. The van der Waals surface area contributed by atoms with Crippen LogP contribution in [0.3, 0.4) is 0 Å². The number of anilines is 1. The SMILES string of the molecule is CC#Cc1cc(N)c(C2C(=O)C3CCC(C3)C2=O)c(OC)c1. The van der Waals surface area contributed by atoms with E-state index in [1.165, 1.54) is 7.11 Å². The van der Waals surface area contributed by atoms with Crippen LogP contribution in [0.5, 0.6) is 5.75 Å². The molecule has 1 aromatic rings. The first kappa shape index (κ1) is 14.6. The van der Waals surface area contributed by atoms with Crippen LogP contribution in [0.4, 0.5) is 5.69 Å². The van der Waals surface area contributed by atoms with E-state index in [-0.39, 0.29) is 23.4 Å². The molecule has 0 radical (unpaired) electrons. The number of rotatable bonds is 2. The Morgan fingerprint density at radius 3 is 2.36 bits per heavy atom. The van der Waals surface area contributed by atoms with Crippen LogP contribution in [0.2, 0.25) is 0 Å². The van der Waals surface area contributed by atoms with E-state index in [9.17, 15) is 9.59 Å². The highest BCUT2D eigenvalue weighted by Crippen LogP contribution is 2.47. The lowest BCUT2D eigenvalue weighted by atomic mass is 9.74. The topological polar surface area (TPSA) is 69.4 Å². The molecule has 0 amide bonds. The van der Waals surface area contributed by atoms with Crippen molar-refractivity contribution in [1.82, 2.24) is 0 Å². The number of Topliss-reactive ketones (excluding diaryl/α,β-unsaturated/α-hetero) is 2. The maximum atomic E-state index is 12.7. The zero-order chi connectivity index (χ0) is 15.9. The predicted molar refractivity (Wildman–Crippen MR) is 83.5 cm³/mol. The summed E-state index contributed by atoms with van der Waals surface area (Å²) < 4.78 is 5.40. The summed E-state index contributed by atoms with van der Waals surface area (Å²) in [4.78, 5) is 25.3. The molecule has 1 aromatic carbocycles. The van der Waals surface area contributed by atoms with E-state index in [4.69, 9.17) is 10.5 Å². The lowest BCUT2D eigenvalue weighted by molar-refractivity contribution is -0.135. The normalized spacial score (nSPS) is 26.5. The average Bonchev–Trinajstić information content (AvgIpc) is 2.94. The van der Waals surface area contributed by atoms with E-state index in [1.54, 1.807) is 19.1 Å². The van der Waals surface area contributed by atoms with Crippen LogP contribution in [0.25, 0.3) is 0 Å². The van der Waals surface area contributed by atoms with Gasteiger partial charge in [0, 0.05) is 28.7 Å². The van der Waals surface area contributed by atoms with Crippen LogP contribution >= 0.6 is 0 Å². The van der Waals surface area contributed by atoms with Crippen LogP contribution in [-0.2, 0) is 9.59 Å². The molecule has 0 saturated heterocycles. The number of carbonyl (C=O) groups is 2. The standard InChI is InChI=1S/C18H19NO3/c1-3-4-10-7-13(19)15(14(8-10)22-2)16-17(20)11-5-6-12(9-11)18(16)21/h7-8,11-12,16H,5-6,9,19H2,1-2H3. The van der Waals surface area contributed by atoms with Crippen molar-refractivity contribution in [2.24, 2.45) is 11.8 Å². The van der Waals surface area contributed by atoms with Crippen molar-refractivity contribution in [1.29, 1.82) is 0 Å². The highest BCUT2D eigenvalue weighted by molar-refractivity contribution is 6.13. The fourth-order valence-electron chi connectivity index (χ4n) is 3.74. The van der Waals surface area contributed by atoms with Crippen molar-refractivity contribution in [3.05, 3.63) is 23.3 Å². The second-order valence-corrected chi connectivity index (χ2v) is 6.00. The number of benzene rings is 1. The number of nitrogens with two attached hydrogens (primary N) is 1. The highest BCUT2D eigenvalue weighted by Gasteiger charge is 2.48. The Kier molecular flexibility index (Phi) is 3.66. The third kappa shape index (κ3) is 2.18. The molecule has 0 heterocycles. The van der Waals surface area contributed by atoms with Gasteiger partial charge in [0.1, 0.15) is 11.7 Å². The number of fused-ring (bicyclic) bond motifs is 2. The smallest absolute Gasteiger partial charge is 0.151 e. The maximum Gasteiger partial charge on any atom is 0.151 e. The van der Waals surface area contributed by atoms with Crippen molar-refractivity contribution in [3.63, 3.8) is 0 Å². The van der Waals surface area contributed by atoms with Crippen LogP contribution in [0, 0.1) is 23.7 Å². The molecule has 2 N–H and O–H groups in total. The molecule has 2 aliphatic rings. The van der Waals surface area contributed by atoms with E-state index in [0.29, 0.717) is 23.4 Å². The molecule has 2 atom stereocenters. The molecule has 2 aliphatic carbocycles. The minimum absolute atomic E-state index is 0.00178. The Morgan fingerprint density at radius 2 is 1.82 bits per heavy atom. The maximum absolute atomic E-state index is 12.7. The molecule has 3 rings (SSSR count). The van der Waals surface area contributed by atoms with Crippen LogP contribution < -0.4 is 10.5 Å². The molecular formula is C18H19NO3. The molecule has 4 heteroatoms. The first-order chi connectivity index (χ1) is 10.6. The summed E-state index contributed by atoms with van der Waals surface area (Å²) in [5.41, 5.74) is 7.80. The quantitative estimate of drug-likeness (QED) is 0.516. The van der Waals surface area contributed by atoms with Crippen molar-refractivity contribution in [3.8, 4) is 17.6 Å². The van der Waals surface area contributed by atoms with Gasteiger partial charge < -0.3 is 10.5 Å². The molecule has 2 unspecified atom stereocenters. The molecule has 22 heavy (non-hydrogen) atoms. The average molecular weight is 297 g/mol. The van der Waals surface area contributed by atoms with Gasteiger partial charge in [-0.3, -0.25) is 9.59 Å². The lowest BCUT2D eigenvalue weighted by Crippen LogP contribution is -2.35. The third-order valence-corrected chi connectivity index (χ3v) is 4.76. The fraction of sp³-hybridized carbons (Fsp3) is 0.444. The minimum Gasteiger partial charge on any atom is -0.496 e. The Morgan fingerprint density at radius 1 is 1.18 bits per heavy atom. The number of hydrogen-bond donors (Lipinski definition) is 1. The number of carbonyl (C=O) groups excluding carboxylic acids is 2. The van der Waals surface area contributed by atoms with E-state index in [0.717, 1.165) is 18.4 Å². The van der Waals surface area contributed by atoms with Gasteiger partial charge in [0.2, 0.25) is 0 Å². The second-order valence-electron chi connectivity index (χ2n) is 6.00. The van der Waals surface area contributed by atoms with E-state index >= 15 is 0 Å². The van der Waals surface area contributed by atoms with Gasteiger partial charge in [-0.25, -0.2) is 0 Å². The van der Waals surface area contributed by atoms with Gasteiger partial charge in [-0.15, -0.1) is 5.92 Å². The van der Waals surface area contributed by atoms with Gasteiger partial charge in [0.15, 0.2) is 11.6 Å². The fourth-order valence-corrected chi connectivity index (χ4v) is 3.74. The van der Waals surface area contributed by atoms with Crippen molar-refractivity contribution in [2.75, 3.05) is 12.8 Å². The largest absolute Gasteiger partial charge is 0.496 e. The molecular weight excluding hydrogens is 278 g/mol. The number of ether oxygens (including phenoxy) is 1. The van der Waals surface area contributed by atoms with Gasteiger partial charge in [0.05, 0.1) is 7.11 Å². The zero-order valence-electron chi connectivity index (χ0n) is 12.8. The minimum atomic E-state index is -0.773.